The summed E-state index contributed by atoms with van der Waals surface area (Å²) in [5.74, 6) is -1.12. The average Bonchev–Trinajstić information content (AvgIpc) is 2.89. The van der Waals surface area contributed by atoms with Gasteiger partial charge >= 0.3 is 0 Å². The highest BCUT2D eigenvalue weighted by Gasteiger charge is 2.33. The summed E-state index contributed by atoms with van der Waals surface area (Å²) in [4.78, 5) is 28.9. The molecule has 0 fully saturated rings. The molecule has 3 aromatic rings. The number of rotatable bonds is 12. The van der Waals surface area contributed by atoms with Crippen LogP contribution in [0.4, 0.5) is 10.1 Å². The number of halogens is 1. The monoisotopic (exact) mass is 553 g/mol. The Morgan fingerprint density at radius 3 is 2.10 bits per heavy atom. The van der Waals surface area contributed by atoms with Crippen molar-refractivity contribution in [3.8, 4) is 0 Å². The summed E-state index contributed by atoms with van der Waals surface area (Å²) in [6.45, 7) is 5.64. The highest BCUT2D eigenvalue weighted by molar-refractivity contribution is 7.92. The van der Waals surface area contributed by atoms with Gasteiger partial charge in [0, 0.05) is 19.5 Å². The predicted octanol–water partition coefficient (Wildman–Crippen LogP) is 4.31. The van der Waals surface area contributed by atoms with Crippen molar-refractivity contribution in [2.75, 3.05) is 23.7 Å². The quantitative estimate of drug-likeness (QED) is 0.362. The molecule has 0 heterocycles. The van der Waals surface area contributed by atoms with Crippen LogP contribution >= 0.6 is 0 Å². The number of para-hydroxylation sites is 1. The van der Waals surface area contributed by atoms with Crippen LogP contribution in [0.1, 0.15) is 30.5 Å². The van der Waals surface area contributed by atoms with E-state index in [1.54, 1.807) is 43.3 Å². The van der Waals surface area contributed by atoms with Crippen molar-refractivity contribution < 1.29 is 22.4 Å². The van der Waals surface area contributed by atoms with E-state index in [0.717, 1.165) is 16.1 Å². The highest BCUT2D eigenvalue weighted by atomic mass is 32.2. The first-order chi connectivity index (χ1) is 18.5. The van der Waals surface area contributed by atoms with Gasteiger partial charge in [0.1, 0.15) is 18.4 Å². The number of sulfonamides is 1. The largest absolute Gasteiger partial charge is 0.354 e. The third kappa shape index (κ3) is 8.64. The molecular weight excluding hydrogens is 517 g/mol. The van der Waals surface area contributed by atoms with Gasteiger partial charge in [-0.15, -0.1) is 0 Å². The fraction of sp³-hybridized carbons (Fsp3) is 0.333. The normalized spacial score (nSPS) is 12.2. The Balaban J connectivity index is 2.05. The summed E-state index contributed by atoms with van der Waals surface area (Å²) < 4.78 is 40.4. The molecule has 1 N–H and O–H groups in total. The molecule has 1 atom stereocenters. The molecule has 0 saturated heterocycles. The van der Waals surface area contributed by atoms with E-state index in [1.807, 2.05) is 44.2 Å². The topological polar surface area (TPSA) is 86.8 Å². The van der Waals surface area contributed by atoms with Gasteiger partial charge in [-0.25, -0.2) is 12.8 Å². The minimum absolute atomic E-state index is 0.00289. The van der Waals surface area contributed by atoms with Crippen LogP contribution in [0.3, 0.4) is 0 Å². The zero-order valence-electron chi connectivity index (χ0n) is 22.8. The molecule has 0 aliphatic rings. The lowest BCUT2D eigenvalue weighted by molar-refractivity contribution is -0.140. The maximum atomic E-state index is 14.0. The smallest absolute Gasteiger partial charge is 0.244 e. The number of nitrogens with zero attached hydrogens (tertiary/aromatic N) is 2. The minimum atomic E-state index is -3.84. The number of carbonyl (C=O) groups excluding carboxylic acids is 2. The molecule has 0 radical (unpaired) electrons. The van der Waals surface area contributed by atoms with Crippen molar-refractivity contribution in [1.29, 1.82) is 0 Å². The number of aryl methyl sites for hydroxylation is 1. The van der Waals surface area contributed by atoms with Gasteiger partial charge in [-0.2, -0.15) is 0 Å². The average molecular weight is 554 g/mol. The maximum Gasteiger partial charge on any atom is 0.244 e. The molecular formula is C30H36FN3O4S. The lowest BCUT2D eigenvalue weighted by atomic mass is 10.0. The van der Waals surface area contributed by atoms with Crippen LogP contribution < -0.4 is 9.62 Å². The van der Waals surface area contributed by atoms with Crippen LogP contribution in [0.2, 0.25) is 0 Å². The maximum absolute atomic E-state index is 14.0. The van der Waals surface area contributed by atoms with Crippen molar-refractivity contribution in [3.63, 3.8) is 0 Å². The molecule has 39 heavy (non-hydrogen) atoms. The minimum Gasteiger partial charge on any atom is -0.354 e. The summed E-state index contributed by atoms with van der Waals surface area (Å²) in [5.41, 5.74) is 2.54. The first-order valence-electron chi connectivity index (χ1n) is 12.8. The van der Waals surface area contributed by atoms with E-state index < -0.39 is 34.3 Å². The number of hydrogen-bond donors (Lipinski definition) is 1. The Hall–Kier alpha value is -3.72. The second-order valence-corrected chi connectivity index (χ2v) is 12.0. The zero-order valence-corrected chi connectivity index (χ0v) is 23.6. The lowest BCUT2D eigenvalue weighted by Gasteiger charge is -2.34. The summed E-state index contributed by atoms with van der Waals surface area (Å²) in [7, 11) is -3.84. The molecule has 0 saturated carbocycles. The third-order valence-corrected chi connectivity index (χ3v) is 7.41. The third-order valence-electron chi connectivity index (χ3n) is 6.29. The van der Waals surface area contributed by atoms with E-state index >= 15 is 0 Å². The van der Waals surface area contributed by atoms with Gasteiger partial charge in [0.05, 0.1) is 11.9 Å². The summed E-state index contributed by atoms with van der Waals surface area (Å²) in [5, 5.41) is 2.93. The van der Waals surface area contributed by atoms with Crippen LogP contribution in [-0.2, 0) is 32.6 Å². The van der Waals surface area contributed by atoms with E-state index in [9.17, 15) is 22.4 Å². The molecule has 0 aliphatic carbocycles. The number of nitrogens with one attached hydrogen (secondary N) is 1. The standard InChI is InChI=1S/C30H36FN3O4S/c1-22(2)19-32-30(36)28(18-24-11-6-5-7-12-24)33(20-25-14-16-26(31)17-15-25)29(35)21-34(39(4,37)38)27-13-9-8-10-23(27)3/h5-17,22,28H,18-21H2,1-4H3,(H,32,36). The van der Waals surface area contributed by atoms with Crippen molar-refractivity contribution in [1.82, 2.24) is 10.2 Å². The van der Waals surface area contributed by atoms with Crippen molar-refractivity contribution in [2.24, 2.45) is 5.92 Å². The van der Waals surface area contributed by atoms with E-state index in [1.165, 1.54) is 17.0 Å². The predicted molar refractivity (Wildman–Crippen MR) is 152 cm³/mol. The van der Waals surface area contributed by atoms with Gasteiger partial charge < -0.3 is 10.2 Å². The zero-order chi connectivity index (χ0) is 28.6. The molecule has 1 unspecified atom stereocenters. The van der Waals surface area contributed by atoms with Crippen LogP contribution in [-0.4, -0.2) is 50.5 Å². The van der Waals surface area contributed by atoms with Gasteiger partial charge in [0.15, 0.2) is 0 Å². The Bertz CT molecular complexity index is 1360. The van der Waals surface area contributed by atoms with Gasteiger partial charge in [-0.3, -0.25) is 13.9 Å². The van der Waals surface area contributed by atoms with Crippen molar-refractivity contribution in [3.05, 3.63) is 101 Å². The summed E-state index contributed by atoms with van der Waals surface area (Å²) in [6, 6.07) is 21.0. The lowest BCUT2D eigenvalue weighted by Crippen LogP contribution is -2.53. The first kappa shape index (κ1) is 29.8. The highest BCUT2D eigenvalue weighted by Crippen LogP contribution is 2.23. The first-order valence-corrected chi connectivity index (χ1v) is 14.7. The van der Waals surface area contributed by atoms with Crippen molar-refractivity contribution in [2.45, 2.75) is 39.8 Å². The fourth-order valence-electron chi connectivity index (χ4n) is 4.20. The van der Waals surface area contributed by atoms with Crippen LogP contribution in [0, 0.1) is 18.7 Å². The Labute approximate surface area is 230 Å². The van der Waals surface area contributed by atoms with Gasteiger partial charge in [0.25, 0.3) is 0 Å². The van der Waals surface area contributed by atoms with Gasteiger partial charge in [-0.1, -0.05) is 74.5 Å². The molecule has 2 amide bonds. The SMILES string of the molecule is Cc1ccccc1N(CC(=O)N(Cc1ccc(F)cc1)C(Cc1ccccc1)C(=O)NCC(C)C)S(C)(=O)=O. The fourth-order valence-corrected chi connectivity index (χ4v) is 5.11. The van der Waals surface area contributed by atoms with Gasteiger partial charge in [-0.05, 0) is 47.7 Å². The van der Waals surface area contributed by atoms with Crippen LogP contribution in [0.15, 0.2) is 78.9 Å². The molecule has 0 aliphatic heterocycles. The van der Waals surface area contributed by atoms with E-state index in [0.29, 0.717) is 23.4 Å². The molecule has 208 valence electrons. The van der Waals surface area contributed by atoms with Gasteiger partial charge in [0.2, 0.25) is 21.8 Å². The molecule has 3 rings (SSSR count). The number of benzene rings is 3. The number of carbonyl (C=O) groups is 2. The molecule has 0 spiro atoms. The molecule has 9 heteroatoms. The number of anilines is 1. The number of hydrogen-bond acceptors (Lipinski definition) is 4. The van der Waals surface area contributed by atoms with Crippen LogP contribution in [0.5, 0.6) is 0 Å². The van der Waals surface area contributed by atoms with E-state index in [2.05, 4.69) is 5.32 Å². The molecule has 3 aromatic carbocycles. The summed E-state index contributed by atoms with van der Waals surface area (Å²) >= 11 is 0. The summed E-state index contributed by atoms with van der Waals surface area (Å²) in [6.07, 6.45) is 1.27. The Morgan fingerprint density at radius 1 is 0.897 bits per heavy atom. The molecule has 0 bridgehead atoms. The molecule has 0 aromatic heterocycles. The molecule has 7 nitrogen and oxygen atoms in total. The van der Waals surface area contributed by atoms with E-state index in [-0.39, 0.29) is 24.8 Å². The second kappa shape index (κ2) is 13.4. The second-order valence-electron chi connectivity index (χ2n) is 10.0. The Morgan fingerprint density at radius 2 is 1.51 bits per heavy atom. The van der Waals surface area contributed by atoms with Crippen LogP contribution in [0.25, 0.3) is 0 Å². The van der Waals surface area contributed by atoms with Crippen molar-refractivity contribution >= 4 is 27.5 Å². The van der Waals surface area contributed by atoms with E-state index in [4.69, 9.17) is 0 Å². The number of amides is 2. The Kier molecular flexibility index (Phi) is 10.2.